The van der Waals surface area contributed by atoms with Gasteiger partial charge in [0.25, 0.3) is 0 Å². The van der Waals surface area contributed by atoms with Crippen LogP contribution in [0.4, 0.5) is 0 Å². The van der Waals surface area contributed by atoms with Crippen LogP contribution in [-0.4, -0.2) is 56.1 Å². The molecule has 2 aromatic carbocycles. The Bertz CT molecular complexity index is 870. The minimum absolute atomic E-state index is 0.0177. The van der Waals surface area contributed by atoms with E-state index in [4.69, 9.17) is 21.1 Å². The van der Waals surface area contributed by atoms with Crippen molar-refractivity contribution in [3.8, 4) is 11.5 Å². The molecule has 1 aliphatic heterocycles. The van der Waals surface area contributed by atoms with Crippen molar-refractivity contribution in [3.05, 3.63) is 64.7 Å². The second-order valence-corrected chi connectivity index (χ2v) is 7.43. The monoisotopic (exact) mass is 414 g/mol. The van der Waals surface area contributed by atoms with E-state index in [9.17, 15) is 4.79 Å². The number of hydrogen-bond donors (Lipinski definition) is 0. The lowest BCUT2D eigenvalue weighted by Gasteiger charge is -2.40. The first-order valence-electron chi connectivity index (χ1n) is 9.76. The molecule has 0 spiro atoms. The largest absolute Gasteiger partial charge is 0.493 e. The second-order valence-electron chi connectivity index (χ2n) is 7.02. The first kappa shape index (κ1) is 21.2. The van der Waals surface area contributed by atoms with E-state index in [-0.39, 0.29) is 11.9 Å². The first-order chi connectivity index (χ1) is 14.0. The Morgan fingerprint density at radius 3 is 2.69 bits per heavy atom. The van der Waals surface area contributed by atoms with Gasteiger partial charge in [-0.3, -0.25) is 4.79 Å². The molecule has 0 saturated carbocycles. The van der Waals surface area contributed by atoms with Crippen molar-refractivity contribution >= 4 is 23.6 Å². The summed E-state index contributed by atoms with van der Waals surface area (Å²) in [7, 11) is 3.66. The van der Waals surface area contributed by atoms with Gasteiger partial charge in [0.2, 0.25) is 5.91 Å². The van der Waals surface area contributed by atoms with Crippen LogP contribution in [0.2, 0.25) is 5.02 Å². The van der Waals surface area contributed by atoms with Crippen LogP contribution in [-0.2, 0) is 4.79 Å². The van der Waals surface area contributed by atoms with E-state index in [2.05, 4.69) is 24.1 Å². The normalized spacial score (nSPS) is 17.5. The van der Waals surface area contributed by atoms with Gasteiger partial charge in [0.15, 0.2) is 11.5 Å². The number of piperazine rings is 1. The molecule has 1 unspecified atom stereocenters. The van der Waals surface area contributed by atoms with E-state index in [1.807, 2.05) is 36.1 Å². The first-order valence-corrected chi connectivity index (χ1v) is 10.1. The van der Waals surface area contributed by atoms with Gasteiger partial charge < -0.3 is 19.3 Å². The molecule has 154 valence electrons. The number of likely N-dealkylation sites (N-methyl/N-ethyl adjacent to an activating group) is 1. The third kappa shape index (κ3) is 5.11. The number of ether oxygens (including phenoxy) is 2. The van der Waals surface area contributed by atoms with Crippen molar-refractivity contribution < 1.29 is 14.3 Å². The highest BCUT2D eigenvalue weighted by atomic mass is 35.5. The van der Waals surface area contributed by atoms with Crippen molar-refractivity contribution in [1.29, 1.82) is 0 Å². The van der Waals surface area contributed by atoms with E-state index in [0.29, 0.717) is 29.7 Å². The minimum atomic E-state index is -0.0177. The van der Waals surface area contributed by atoms with Gasteiger partial charge in [0.1, 0.15) is 0 Å². The summed E-state index contributed by atoms with van der Waals surface area (Å²) in [5.74, 6) is 1.05. The molecule has 3 rings (SSSR count). The summed E-state index contributed by atoms with van der Waals surface area (Å²) in [6.07, 6.45) is 3.37. The fraction of sp³-hybridized carbons (Fsp3) is 0.348. The summed E-state index contributed by atoms with van der Waals surface area (Å²) in [4.78, 5) is 17.2. The van der Waals surface area contributed by atoms with Crippen LogP contribution in [0.25, 0.3) is 6.08 Å². The highest BCUT2D eigenvalue weighted by Crippen LogP contribution is 2.36. The SMILES string of the molecule is CCOc1c(Cl)cc(C=CC(=O)N2CCN(C)CC2c2ccccc2)cc1OC. The van der Waals surface area contributed by atoms with E-state index >= 15 is 0 Å². The third-order valence-corrected chi connectivity index (χ3v) is 5.29. The molecule has 6 heteroatoms. The molecule has 0 aliphatic carbocycles. The fourth-order valence-corrected chi connectivity index (χ4v) is 3.80. The number of benzene rings is 2. The maximum Gasteiger partial charge on any atom is 0.247 e. The summed E-state index contributed by atoms with van der Waals surface area (Å²) in [6, 6.07) is 13.8. The molecule has 5 nitrogen and oxygen atoms in total. The molecular weight excluding hydrogens is 388 g/mol. The predicted octanol–water partition coefficient (Wildman–Crippen LogP) is 4.28. The van der Waals surface area contributed by atoms with Gasteiger partial charge in [0.05, 0.1) is 24.8 Å². The van der Waals surface area contributed by atoms with Crippen molar-refractivity contribution in [2.75, 3.05) is 40.4 Å². The summed E-state index contributed by atoms with van der Waals surface area (Å²) >= 11 is 6.34. The average molecular weight is 415 g/mol. The van der Waals surface area contributed by atoms with Crippen molar-refractivity contribution in [2.24, 2.45) is 0 Å². The fourth-order valence-electron chi connectivity index (χ4n) is 3.53. The maximum absolute atomic E-state index is 13.0. The summed E-state index contributed by atoms with van der Waals surface area (Å²) in [5.41, 5.74) is 1.93. The third-order valence-electron chi connectivity index (χ3n) is 5.01. The van der Waals surface area contributed by atoms with Crippen LogP contribution >= 0.6 is 11.6 Å². The molecule has 0 aromatic heterocycles. The van der Waals surface area contributed by atoms with Gasteiger partial charge in [-0.2, -0.15) is 0 Å². The molecule has 2 aromatic rings. The van der Waals surface area contributed by atoms with E-state index in [1.165, 1.54) is 0 Å². The smallest absolute Gasteiger partial charge is 0.247 e. The van der Waals surface area contributed by atoms with Gasteiger partial charge in [-0.15, -0.1) is 0 Å². The zero-order chi connectivity index (χ0) is 20.8. The number of nitrogens with zero attached hydrogens (tertiary/aromatic N) is 2. The van der Waals surface area contributed by atoms with Crippen molar-refractivity contribution in [2.45, 2.75) is 13.0 Å². The average Bonchev–Trinajstić information content (AvgIpc) is 2.74. The second kappa shape index (κ2) is 9.81. The molecule has 1 amide bonds. The summed E-state index contributed by atoms with van der Waals surface area (Å²) in [5, 5.41) is 0.458. The molecule has 0 bridgehead atoms. The number of hydrogen-bond acceptors (Lipinski definition) is 4. The van der Waals surface area contributed by atoms with Crippen LogP contribution in [0.5, 0.6) is 11.5 Å². The number of carbonyl (C=O) groups excluding carboxylic acids is 1. The topological polar surface area (TPSA) is 42.0 Å². The number of rotatable bonds is 6. The molecule has 1 saturated heterocycles. The van der Waals surface area contributed by atoms with Crippen LogP contribution in [0.3, 0.4) is 0 Å². The van der Waals surface area contributed by atoms with E-state index < -0.39 is 0 Å². The zero-order valence-corrected chi connectivity index (χ0v) is 17.9. The number of carbonyl (C=O) groups is 1. The Hall–Kier alpha value is -2.50. The molecule has 1 heterocycles. The Balaban J connectivity index is 1.81. The number of methoxy groups -OCH3 is 1. The van der Waals surface area contributed by atoms with Gasteiger partial charge >= 0.3 is 0 Å². The van der Waals surface area contributed by atoms with Crippen LogP contribution in [0.15, 0.2) is 48.5 Å². The summed E-state index contributed by atoms with van der Waals surface area (Å²) in [6.45, 7) is 4.74. The number of amides is 1. The Labute approximate surface area is 177 Å². The Morgan fingerprint density at radius 1 is 1.24 bits per heavy atom. The Kier molecular flexibility index (Phi) is 7.18. The lowest BCUT2D eigenvalue weighted by molar-refractivity contribution is -0.130. The molecule has 0 N–H and O–H groups in total. The summed E-state index contributed by atoms with van der Waals surface area (Å²) < 4.78 is 10.9. The maximum atomic E-state index is 13.0. The van der Waals surface area contributed by atoms with Crippen molar-refractivity contribution in [1.82, 2.24) is 9.80 Å². The van der Waals surface area contributed by atoms with E-state index in [0.717, 1.165) is 24.2 Å². The lowest BCUT2D eigenvalue weighted by atomic mass is 10.0. The lowest BCUT2D eigenvalue weighted by Crippen LogP contribution is -2.48. The molecule has 1 fully saturated rings. The van der Waals surface area contributed by atoms with Gasteiger partial charge in [0, 0.05) is 25.7 Å². The minimum Gasteiger partial charge on any atom is -0.493 e. The number of halogens is 1. The molecule has 1 aliphatic rings. The van der Waals surface area contributed by atoms with Gasteiger partial charge in [-0.1, -0.05) is 41.9 Å². The quantitative estimate of drug-likeness (QED) is 0.662. The van der Waals surface area contributed by atoms with Crippen LogP contribution in [0.1, 0.15) is 24.1 Å². The standard InChI is InChI=1S/C23H27ClN2O3/c1-4-29-23-19(24)14-17(15-21(23)28-3)10-11-22(27)26-13-12-25(2)16-20(26)18-8-6-5-7-9-18/h5-11,14-15,20H,4,12-13,16H2,1-3H3. The molecule has 29 heavy (non-hydrogen) atoms. The van der Waals surface area contributed by atoms with Crippen molar-refractivity contribution in [3.63, 3.8) is 0 Å². The van der Waals surface area contributed by atoms with Crippen LogP contribution < -0.4 is 9.47 Å². The molecule has 1 atom stereocenters. The van der Waals surface area contributed by atoms with Gasteiger partial charge in [-0.05, 0) is 43.3 Å². The zero-order valence-electron chi connectivity index (χ0n) is 17.1. The highest BCUT2D eigenvalue weighted by molar-refractivity contribution is 6.32. The van der Waals surface area contributed by atoms with Gasteiger partial charge in [-0.25, -0.2) is 0 Å². The molecular formula is C23H27ClN2O3. The Morgan fingerprint density at radius 2 is 2.00 bits per heavy atom. The van der Waals surface area contributed by atoms with Crippen LogP contribution in [0, 0.1) is 0 Å². The highest BCUT2D eigenvalue weighted by Gasteiger charge is 2.29. The molecule has 0 radical (unpaired) electrons. The van der Waals surface area contributed by atoms with E-state index in [1.54, 1.807) is 25.3 Å². The predicted molar refractivity (Wildman–Crippen MR) is 117 cm³/mol.